The summed E-state index contributed by atoms with van der Waals surface area (Å²) in [6.07, 6.45) is -0.0433. The fourth-order valence-electron chi connectivity index (χ4n) is 2.62. The molecular weight excluding hydrogens is 309 g/mol. The van der Waals surface area contributed by atoms with E-state index in [1.54, 1.807) is 0 Å². The smallest absolute Gasteiger partial charge is 0.354 e. The Morgan fingerprint density at radius 3 is 2.70 bits per heavy atom. The number of piperidine rings is 1. The van der Waals surface area contributed by atoms with Crippen LogP contribution in [0, 0.1) is 5.92 Å². The van der Waals surface area contributed by atoms with Crippen LogP contribution in [0.5, 0.6) is 0 Å². The molecule has 2 heterocycles. The highest BCUT2D eigenvalue weighted by atomic mass is 19.4. The van der Waals surface area contributed by atoms with Crippen LogP contribution in [0.1, 0.15) is 31.9 Å². The molecule has 0 aromatic carbocycles. The lowest BCUT2D eigenvalue weighted by Crippen LogP contribution is -2.36. The van der Waals surface area contributed by atoms with E-state index >= 15 is 0 Å². The van der Waals surface area contributed by atoms with Crippen molar-refractivity contribution in [2.75, 3.05) is 26.2 Å². The fourth-order valence-corrected chi connectivity index (χ4v) is 2.62. The lowest BCUT2D eigenvalue weighted by atomic mass is 9.99. The van der Waals surface area contributed by atoms with Crippen LogP contribution in [-0.4, -0.2) is 46.8 Å². The monoisotopic (exact) mass is 332 g/mol. The molecule has 1 aliphatic heterocycles. The van der Waals surface area contributed by atoms with Crippen molar-refractivity contribution in [2.24, 2.45) is 5.92 Å². The van der Waals surface area contributed by atoms with E-state index in [1.165, 1.54) is 12.8 Å². The Labute approximate surface area is 133 Å². The average molecular weight is 332 g/mol. The van der Waals surface area contributed by atoms with Gasteiger partial charge in [0.25, 0.3) is 0 Å². The van der Waals surface area contributed by atoms with E-state index in [0.29, 0.717) is 6.54 Å². The van der Waals surface area contributed by atoms with Crippen LogP contribution in [0.3, 0.4) is 0 Å². The first-order valence-corrected chi connectivity index (χ1v) is 7.94. The highest BCUT2D eigenvalue weighted by Crippen LogP contribution is 2.27. The quantitative estimate of drug-likeness (QED) is 0.812. The van der Waals surface area contributed by atoms with E-state index in [9.17, 15) is 18.0 Å². The standard InChI is InChI=1S/C15H23F3N4O/c1-12-3-8-21(9-4-12)7-2-6-19-14(23)11-22-10-5-13(20-22)15(16,17)18/h5,10,12H,2-4,6-9,11H2,1H3,(H,19,23). The second kappa shape index (κ2) is 7.81. The van der Waals surface area contributed by atoms with Crippen molar-refractivity contribution in [2.45, 2.75) is 38.9 Å². The molecule has 0 unspecified atom stereocenters. The van der Waals surface area contributed by atoms with Crippen molar-refractivity contribution < 1.29 is 18.0 Å². The summed E-state index contributed by atoms with van der Waals surface area (Å²) >= 11 is 0. The van der Waals surface area contributed by atoms with Crippen LogP contribution in [0.25, 0.3) is 0 Å². The number of likely N-dealkylation sites (tertiary alicyclic amines) is 1. The summed E-state index contributed by atoms with van der Waals surface area (Å²) in [5.74, 6) is 0.468. The Morgan fingerprint density at radius 1 is 1.39 bits per heavy atom. The summed E-state index contributed by atoms with van der Waals surface area (Å²) < 4.78 is 38.2. The van der Waals surface area contributed by atoms with Crippen molar-refractivity contribution >= 4 is 5.91 Å². The molecule has 1 aromatic heterocycles. The number of nitrogens with one attached hydrogen (secondary N) is 1. The first-order valence-electron chi connectivity index (χ1n) is 7.94. The molecule has 1 N–H and O–H groups in total. The third kappa shape index (κ3) is 5.85. The van der Waals surface area contributed by atoms with E-state index in [2.05, 4.69) is 22.2 Å². The van der Waals surface area contributed by atoms with Gasteiger partial charge in [-0.25, -0.2) is 0 Å². The van der Waals surface area contributed by atoms with E-state index < -0.39 is 11.9 Å². The third-order valence-electron chi connectivity index (χ3n) is 4.09. The Kier molecular flexibility index (Phi) is 6.04. The number of carbonyl (C=O) groups excluding carboxylic acids is 1. The normalized spacial score (nSPS) is 17.4. The van der Waals surface area contributed by atoms with E-state index in [-0.39, 0.29) is 12.5 Å². The van der Waals surface area contributed by atoms with E-state index in [0.717, 1.165) is 48.9 Å². The minimum absolute atomic E-state index is 0.197. The molecule has 1 saturated heterocycles. The molecule has 0 aliphatic carbocycles. The predicted octanol–water partition coefficient (Wildman–Crippen LogP) is 2.14. The first kappa shape index (κ1) is 17.8. The molecule has 0 saturated carbocycles. The zero-order valence-electron chi connectivity index (χ0n) is 13.3. The van der Waals surface area contributed by atoms with Crippen LogP contribution in [0.4, 0.5) is 13.2 Å². The summed E-state index contributed by atoms with van der Waals surface area (Å²) in [4.78, 5) is 14.1. The summed E-state index contributed by atoms with van der Waals surface area (Å²) in [5.41, 5.74) is -0.982. The van der Waals surface area contributed by atoms with Gasteiger partial charge in [0.05, 0.1) is 0 Å². The number of amides is 1. The molecule has 130 valence electrons. The number of halogens is 3. The summed E-state index contributed by atoms with van der Waals surface area (Å²) in [6.45, 7) is 5.73. The van der Waals surface area contributed by atoms with Crippen LogP contribution in [-0.2, 0) is 17.5 Å². The minimum atomic E-state index is -4.48. The van der Waals surface area contributed by atoms with Gasteiger partial charge in [0.2, 0.25) is 5.91 Å². The number of alkyl halides is 3. The minimum Gasteiger partial charge on any atom is -0.354 e. The lowest BCUT2D eigenvalue weighted by molar-refractivity contribution is -0.141. The fraction of sp³-hybridized carbons (Fsp3) is 0.733. The van der Waals surface area contributed by atoms with Crippen LogP contribution in [0.2, 0.25) is 0 Å². The Morgan fingerprint density at radius 2 is 2.09 bits per heavy atom. The summed E-state index contributed by atoms with van der Waals surface area (Å²) in [7, 11) is 0. The molecular formula is C15H23F3N4O. The predicted molar refractivity (Wildman–Crippen MR) is 79.7 cm³/mol. The maximum atomic E-state index is 12.4. The highest BCUT2D eigenvalue weighted by molar-refractivity contribution is 5.75. The summed E-state index contributed by atoms with van der Waals surface area (Å²) in [5, 5.41) is 6.07. The Balaban J connectivity index is 1.62. The number of rotatable bonds is 6. The van der Waals surface area contributed by atoms with Crippen LogP contribution in [0.15, 0.2) is 12.3 Å². The SMILES string of the molecule is CC1CCN(CCCNC(=O)Cn2ccc(C(F)(F)F)n2)CC1. The van der Waals surface area contributed by atoms with Gasteiger partial charge in [0.15, 0.2) is 5.69 Å². The molecule has 5 nitrogen and oxygen atoms in total. The van der Waals surface area contributed by atoms with Gasteiger partial charge in [-0.3, -0.25) is 9.48 Å². The van der Waals surface area contributed by atoms with E-state index in [1.807, 2.05) is 0 Å². The van der Waals surface area contributed by atoms with Crippen molar-refractivity contribution in [1.82, 2.24) is 20.0 Å². The van der Waals surface area contributed by atoms with Gasteiger partial charge in [-0.2, -0.15) is 18.3 Å². The number of hydrogen-bond donors (Lipinski definition) is 1. The lowest BCUT2D eigenvalue weighted by Gasteiger charge is -2.30. The van der Waals surface area contributed by atoms with Gasteiger partial charge in [-0.1, -0.05) is 6.92 Å². The molecule has 2 rings (SSSR count). The van der Waals surface area contributed by atoms with Crippen molar-refractivity contribution in [3.05, 3.63) is 18.0 Å². The second-order valence-corrected chi connectivity index (χ2v) is 6.12. The van der Waals surface area contributed by atoms with Gasteiger partial charge in [-0.05, 0) is 50.9 Å². The van der Waals surface area contributed by atoms with Gasteiger partial charge >= 0.3 is 6.18 Å². The highest BCUT2D eigenvalue weighted by Gasteiger charge is 2.33. The molecule has 23 heavy (non-hydrogen) atoms. The van der Waals surface area contributed by atoms with Crippen molar-refractivity contribution in [3.63, 3.8) is 0 Å². The Hall–Kier alpha value is -1.57. The Bertz CT molecular complexity index is 507. The molecule has 1 aliphatic rings. The molecule has 0 spiro atoms. The largest absolute Gasteiger partial charge is 0.435 e. The van der Waals surface area contributed by atoms with Gasteiger partial charge in [0.1, 0.15) is 6.54 Å². The number of hydrogen-bond acceptors (Lipinski definition) is 3. The average Bonchev–Trinajstić information content (AvgIpc) is 2.94. The molecule has 1 amide bonds. The number of carbonyl (C=O) groups is 1. The zero-order valence-corrected chi connectivity index (χ0v) is 13.3. The first-order chi connectivity index (χ1) is 10.8. The van der Waals surface area contributed by atoms with Crippen molar-refractivity contribution in [1.29, 1.82) is 0 Å². The molecule has 0 atom stereocenters. The van der Waals surface area contributed by atoms with Crippen molar-refractivity contribution in [3.8, 4) is 0 Å². The van der Waals surface area contributed by atoms with Gasteiger partial charge in [-0.15, -0.1) is 0 Å². The third-order valence-corrected chi connectivity index (χ3v) is 4.09. The van der Waals surface area contributed by atoms with Gasteiger partial charge in [0, 0.05) is 12.7 Å². The van der Waals surface area contributed by atoms with E-state index in [4.69, 9.17) is 0 Å². The van der Waals surface area contributed by atoms with Crippen LogP contribution < -0.4 is 5.32 Å². The molecule has 1 aromatic rings. The molecule has 1 fully saturated rings. The number of nitrogens with zero attached hydrogens (tertiary/aromatic N) is 3. The van der Waals surface area contributed by atoms with Crippen LogP contribution >= 0.6 is 0 Å². The number of aromatic nitrogens is 2. The molecule has 0 bridgehead atoms. The van der Waals surface area contributed by atoms with Gasteiger partial charge < -0.3 is 10.2 Å². The molecule has 0 radical (unpaired) electrons. The maximum Gasteiger partial charge on any atom is 0.435 e. The second-order valence-electron chi connectivity index (χ2n) is 6.12. The zero-order chi connectivity index (χ0) is 16.9. The topological polar surface area (TPSA) is 50.2 Å². The molecule has 8 heteroatoms. The summed E-state index contributed by atoms with van der Waals surface area (Å²) in [6, 6.07) is 0.866. The maximum absolute atomic E-state index is 12.4.